The molecule has 5 heteroatoms. The van der Waals surface area contributed by atoms with Crippen molar-refractivity contribution in [3.63, 3.8) is 0 Å². The smallest absolute Gasteiger partial charge is 0.323 e. The molecule has 0 saturated heterocycles. The SMILES string of the molecule is CC(C)n1cccc1C(=O)N(CC(=O)O)C1CC1. The van der Waals surface area contributed by atoms with Gasteiger partial charge in [0.2, 0.25) is 0 Å². The summed E-state index contributed by atoms with van der Waals surface area (Å²) >= 11 is 0. The number of carboxylic acid groups (broad SMARTS) is 1. The van der Waals surface area contributed by atoms with Gasteiger partial charge in [-0.1, -0.05) is 0 Å². The summed E-state index contributed by atoms with van der Waals surface area (Å²) in [6.07, 6.45) is 3.66. The Bertz CT molecular complexity index is 461. The molecule has 0 radical (unpaired) electrons. The molecule has 1 aliphatic rings. The van der Waals surface area contributed by atoms with E-state index in [1.165, 1.54) is 4.90 Å². The number of rotatable bonds is 5. The molecule has 1 aromatic heterocycles. The van der Waals surface area contributed by atoms with E-state index < -0.39 is 5.97 Å². The van der Waals surface area contributed by atoms with Crippen LogP contribution in [-0.2, 0) is 4.79 Å². The summed E-state index contributed by atoms with van der Waals surface area (Å²) in [5.41, 5.74) is 0.568. The number of carboxylic acids is 1. The molecule has 0 unspecified atom stereocenters. The number of aliphatic carboxylic acids is 1. The van der Waals surface area contributed by atoms with E-state index in [0.717, 1.165) is 12.8 Å². The van der Waals surface area contributed by atoms with Crippen molar-refractivity contribution in [2.45, 2.75) is 38.8 Å². The lowest BCUT2D eigenvalue weighted by molar-refractivity contribution is -0.137. The van der Waals surface area contributed by atoms with Crippen LogP contribution in [0.25, 0.3) is 0 Å². The van der Waals surface area contributed by atoms with Crippen LogP contribution in [0.5, 0.6) is 0 Å². The highest BCUT2D eigenvalue weighted by atomic mass is 16.4. The van der Waals surface area contributed by atoms with Crippen LogP contribution in [0.2, 0.25) is 0 Å². The second kappa shape index (κ2) is 4.84. The fourth-order valence-electron chi connectivity index (χ4n) is 2.07. The predicted octanol–water partition coefficient (Wildman–Crippen LogP) is 1.76. The Kier molecular flexibility index (Phi) is 3.41. The average Bonchev–Trinajstić information content (AvgIpc) is 3.00. The highest BCUT2D eigenvalue weighted by Gasteiger charge is 2.35. The second-order valence-corrected chi connectivity index (χ2v) is 4.95. The number of hydrogen-bond acceptors (Lipinski definition) is 2. The minimum absolute atomic E-state index is 0.101. The van der Waals surface area contributed by atoms with E-state index in [0.29, 0.717) is 5.69 Å². The minimum atomic E-state index is -0.960. The zero-order chi connectivity index (χ0) is 13.3. The topological polar surface area (TPSA) is 62.5 Å². The Hall–Kier alpha value is -1.78. The van der Waals surface area contributed by atoms with Crippen LogP contribution in [0.3, 0.4) is 0 Å². The quantitative estimate of drug-likeness (QED) is 0.866. The maximum absolute atomic E-state index is 12.4. The zero-order valence-corrected chi connectivity index (χ0v) is 10.7. The first-order valence-electron chi connectivity index (χ1n) is 6.20. The van der Waals surface area contributed by atoms with Crippen molar-refractivity contribution in [3.8, 4) is 0 Å². The average molecular weight is 250 g/mol. The molecule has 1 aromatic rings. The summed E-state index contributed by atoms with van der Waals surface area (Å²) in [7, 11) is 0. The van der Waals surface area contributed by atoms with Gasteiger partial charge >= 0.3 is 5.97 Å². The van der Waals surface area contributed by atoms with Crippen LogP contribution >= 0.6 is 0 Å². The van der Waals surface area contributed by atoms with Gasteiger partial charge in [0.25, 0.3) is 5.91 Å². The monoisotopic (exact) mass is 250 g/mol. The molecule has 1 saturated carbocycles. The van der Waals surface area contributed by atoms with Crippen LogP contribution in [-0.4, -0.2) is 39.0 Å². The number of nitrogens with zero attached hydrogens (tertiary/aromatic N) is 2. The Morgan fingerprint density at radius 3 is 2.67 bits per heavy atom. The Morgan fingerprint density at radius 2 is 2.17 bits per heavy atom. The van der Waals surface area contributed by atoms with Crippen molar-refractivity contribution < 1.29 is 14.7 Å². The van der Waals surface area contributed by atoms with Crippen molar-refractivity contribution in [2.24, 2.45) is 0 Å². The van der Waals surface area contributed by atoms with Crippen LogP contribution in [0.4, 0.5) is 0 Å². The number of amides is 1. The second-order valence-electron chi connectivity index (χ2n) is 4.95. The highest BCUT2D eigenvalue weighted by Crippen LogP contribution is 2.28. The van der Waals surface area contributed by atoms with Gasteiger partial charge in [0, 0.05) is 18.3 Å². The van der Waals surface area contributed by atoms with Gasteiger partial charge < -0.3 is 14.6 Å². The van der Waals surface area contributed by atoms with Gasteiger partial charge in [-0.2, -0.15) is 0 Å². The van der Waals surface area contributed by atoms with E-state index in [9.17, 15) is 9.59 Å². The fraction of sp³-hybridized carbons (Fsp3) is 0.538. The zero-order valence-electron chi connectivity index (χ0n) is 10.7. The summed E-state index contributed by atoms with van der Waals surface area (Å²) < 4.78 is 1.87. The van der Waals surface area contributed by atoms with E-state index >= 15 is 0 Å². The molecule has 2 rings (SSSR count). The molecule has 18 heavy (non-hydrogen) atoms. The van der Waals surface area contributed by atoms with Gasteiger partial charge in [-0.05, 0) is 38.8 Å². The third kappa shape index (κ3) is 2.55. The molecule has 1 amide bonds. The van der Waals surface area contributed by atoms with E-state index in [1.54, 1.807) is 6.07 Å². The molecule has 0 spiro atoms. The summed E-state index contributed by atoms with van der Waals surface area (Å²) in [5.74, 6) is -1.14. The first kappa shape index (κ1) is 12.7. The van der Waals surface area contributed by atoms with Crippen LogP contribution < -0.4 is 0 Å². The lowest BCUT2D eigenvalue weighted by Crippen LogP contribution is -2.38. The number of hydrogen-bond donors (Lipinski definition) is 1. The first-order chi connectivity index (χ1) is 8.50. The van der Waals surface area contributed by atoms with Crippen molar-refractivity contribution in [3.05, 3.63) is 24.0 Å². The van der Waals surface area contributed by atoms with Gasteiger partial charge in [-0.15, -0.1) is 0 Å². The number of aromatic nitrogens is 1. The van der Waals surface area contributed by atoms with Crippen LogP contribution in [0.1, 0.15) is 43.2 Å². The maximum atomic E-state index is 12.4. The Morgan fingerprint density at radius 1 is 1.50 bits per heavy atom. The van der Waals surface area contributed by atoms with E-state index in [4.69, 9.17) is 5.11 Å². The number of carbonyl (C=O) groups excluding carboxylic acids is 1. The molecular weight excluding hydrogens is 232 g/mol. The van der Waals surface area contributed by atoms with Crippen molar-refractivity contribution in [1.29, 1.82) is 0 Å². The lowest BCUT2D eigenvalue weighted by Gasteiger charge is -2.22. The molecule has 98 valence electrons. The molecule has 0 bridgehead atoms. The van der Waals surface area contributed by atoms with Crippen LogP contribution in [0.15, 0.2) is 18.3 Å². The van der Waals surface area contributed by atoms with Gasteiger partial charge in [0.15, 0.2) is 0 Å². The van der Waals surface area contributed by atoms with Crippen molar-refractivity contribution in [2.75, 3.05) is 6.54 Å². The largest absolute Gasteiger partial charge is 0.480 e. The summed E-state index contributed by atoms with van der Waals surface area (Å²) in [6, 6.07) is 3.85. The molecule has 0 aromatic carbocycles. The number of carbonyl (C=O) groups is 2. The standard InChI is InChI=1S/C13H18N2O3/c1-9(2)14-7-3-4-11(14)13(18)15(8-12(16)17)10-5-6-10/h3-4,7,9-10H,5-6,8H2,1-2H3,(H,16,17). The normalized spacial score (nSPS) is 14.8. The molecule has 1 N–H and O–H groups in total. The Balaban J connectivity index is 2.22. The van der Waals surface area contributed by atoms with Gasteiger partial charge in [-0.25, -0.2) is 0 Å². The van der Waals surface area contributed by atoms with Gasteiger partial charge in [0.05, 0.1) is 0 Å². The molecular formula is C13H18N2O3. The molecule has 0 aliphatic heterocycles. The summed E-state index contributed by atoms with van der Waals surface area (Å²) in [4.78, 5) is 24.7. The van der Waals surface area contributed by atoms with Crippen molar-refractivity contribution >= 4 is 11.9 Å². The fourth-order valence-corrected chi connectivity index (χ4v) is 2.07. The third-order valence-electron chi connectivity index (χ3n) is 3.11. The third-order valence-corrected chi connectivity index (χ3v) is 3.11. The molecule has 1 aliphatic carbocycles. The Labute approximate surface area is 106 Å². The highest BCUT2D eigenvalue weighted by molar-refractivity contribution is 5.95. The van der Waals surface area contributed by atoms with Gasteiger partial charge in [-0.3, -0.25) is 9.59 Å². The molecule has 0 atom stereocenters. The summed E-state index contributed by atoms with van der Waals surface area (Å²) in [6.45, 7) is 3.78. The summed E-state index contributed by atoms with van der Waals surface area (Å²) in [5, 5.41) is 8.88. The predicted molar refractivity (Wildman–Crippen MR) is 66.5 cm³/mol. The first-order valence-corrected chi connectivity index (χ1v) is 6.20. The van der Waals surface area contributed by atoms with Crippen molar-refractivity contribution in [1.82, 2.24) is 9.47 Å². The lowest BCUT2D eigenvalue weighted by atomic mass is 10.3. The maximum Gasteiger partial charge on any atom is 0.323 e. The van der Waals surface area contributed by atoms with Gasteiger partial charge in [0.1, 0.15) is 12.2 Å². The molecule has 1 heterocycles. The van der Waals surface area contributed by atoms with E-state index in [1.807, 2.05) is 30.7 Å². The van der Waals surface area contributed by atoms with Crippen LogP contribution in [0, 0.1) is 0 Å². The molecule has 5 nitrogen and oxygen atoms in total. The van der Waals surface area contributed by atoms with E-state index in [-0.39, 0.29) is 24.5 Å². The molecule has 1 fully saturated rings. The van der Waals surface area contributed by atoms with E-state index in [2.05, 4.69) is 0 Å². The minimum Gasteiger partial charge on any atom is -0.480 e.